The molecule has 0 amide bonds. The Kier molecular flexibility index (Phi) is 8.52. The predicted octanol–water partition coefficient (Wildman–Crippen LogP) is 2.73. The van der Waals surface area contributed by atoms with Crippen LogP contribution in [0.4, 0.5) is 10.1 Å². The average Bonchev–Trinajstić information content (AvgIpc) is 2.64. The van der Waals surface area contributed by atoms with Crippen LogP contribution in [0, 0.1) is 5.82 Å². The fraction of sp³-hybridized carbons (Fsp3) is 0.632. The van der Waals surface area contributed by atoms with Gasteiger partial charge in [0.2, 0.25) is 0 Å². The number of piperazine rings is 1. The van der Waals surface area contributed by atoms with Crippen molar-refractivity contribution in [3.63, 3.8) is 0 Å². The molecular weight excluding hydrogens is 319 g/mol. The molecule has 1 aliphatic heterocycles. The monoisotopic (exact) mass is 350 g/mol. The van der Waals surface area contributed by atoms with Crippen LogP contribution >= 0.6 is 0 Å². The zero-order valence-corrected chi connectivity index (χ0v) is 15.5. The van der Waals surface area contributed by atoms with E-state index in [0.717, 1.165) is 71.1 Å². The minimum atomic E-state index is -0.146. The number of nitrogens with zero attached hydrogens (tertiary/aromatic N) is 3. The van der Waals surface area contributed by atoms with Crippen LogP contribution in [0.2, 0.25) is 0 Å². The molecule has 0 bridgehead atoms. The van der Waals surface area contributed by atoms with Crippen LogP contribution < -0.4 is 10.2 Å². The highest BCUT2D eigenvalue weighted by atomic mass is 19.1. The molecule has 0 atom stereocenters. The van der Waals surface area contributed by atoms with E-state index in [1.807, 2.05) is 12.1 Å². The van der Waals surface area contributed by atoms with Crippen LogP contribution in [-0.2, 0) is 4.74 Å². The zero-order chi connectivity index (χ0) is 17.9. The van der Waals surface area contributed by atoms with Crippen LogP contribution in [0.1, 0.15) is 26.2 Å². The summed E-state index contributed by atoms with van der Waals surface area (Å²) in [4.78, 5) is 9.13. The molecule has 1 N–H and O–H groups in total. The molecule has 0 aliphatic carbocycles. The summed E-state index contributed by atoms with van der Waals surface area (Å²) in [5.41, 5.74) is 0.697. The van der Waals surface area contributed by atoms with Crippen LogP contribution in [0.15, 0.2) is 29.3 Å². The van der Waals surface area contributed by atoms with Gasteiger partial charge in [-0.2, -0.15) is 0 Å². The first-order chi connectivity index (χ1) is 12.3. The van der Waals surface area contributed by atoms with E-state index in [1.54, 1.807) is 13.2 Å². The lowest BCUT2D eigenvalue weighted by Crippen LogP contribution is -2.52. The van der Waals surface area contributed by atoms with Gasteiger partial charge in [-0.1, -0.05) is 12.1 Å². The van der Waals surface area contributed by atoms with Crippen LogP contribution in [0.5, 0.6) is 0 Å². The molecule has 25 heavy (non-hydrogen) atoms. The van der Waals surface area contributed by atoms with Gasteiger partial charge in [-0.05, 0) is 38.3 Å². The number of anilines is 1. The van der Waals surface area contributed by atoms with Gasteiger partial charge in [0, 0.05) is 53.0 Å². The third-order valence-electron chi connectivity index (χ3n) is 4.38. The molecule has 5 nitrogen and oxygen atoms in total. The maximum Gasteiger partial charge on any atom is 0.194 e. The number of halogens is 1. The van der Waals surface area contributed by atoms with Crippen molar-refractivity contribution in [3.05, 3.63) is 30.1 Å². The van der Waals surface area contributed by atoms with Gasteiger partial charge in [-0.3, -0.25) is 4.99 Å². The number of hydrogen-bond donors (Lipinski definition) is 1. The highest BCUT2D eigenvalue weighted by Gasteiger charge is 2.21. The Balaban J connectivity index is 1.83. The Bertz CT molecular complexity index is 530. The summed E-state index contributed by atoms with van der Waals surface area (Å²) in [6.07, 6.45) is 3.30. The van der Waals surface area contributed by atoms with Crippen molar-refractivity contribution in [1.29, 1.82) is 0 Å². The zero-order valence-electron chi connectivity index (χ0n) is 15.5. The summed E-state index contributed by atoms with van der Waals surface area (Å²) in [7, 11) is 1.74. The number of ether oxygens (including phenoxy) is 1. The maximum absolute atomic E-state index is 13.9. The minimum absolute atomic E-state index is 0.146. The van der Waals surface area contributed by atoms with E-state index in [4.69, 9.17) is 9.73 Å². The standard InChI is InChI=1S/C19H31FN4O/c1-3-21-19(22-11-7-4-8-16-25-2)24-14-12-23(13-15-24)18-10-6-5-9-17(18)20/h5-6,9-10H,3-4,7-8,11-16H2,1-2H3,(H,21,22). The van der Waals surface area contributed by atoms with E-state index < -0.39 is 0 Å². The molecule has 140 valence electrons. The van der Waals surface area contributed by atoms with Gasteiger partial charge in [0.25, 0.3) is 0 Å². The number of para-hydroxylation sites is 1. The first kappa shape index (κ1) is 19.5. The molecule has 0 unspecified atom stereocenters. The van der Waals surface area contributed by atoms with Crippen molar-refractivity contribution in [2.45, 2.75) is 26.2 Å². The maximum atomic E-state index is 13.9. The Morgan fingerprint density at radius 3 is 2.60 bits per heavy atom. The van der Waals surface area contributed by atoms with Gasteiger partial charge in [-0.25, -0.2) is 4.39 Å². The number of methoxy groups -OCH3 is 1. The van der Waals surface area contributed by atoms with E-state index in [0.29, 0.717) is 5.69 Å². The number of hydrogen-bond acceptors (Lipinski definition) is 3. The Morgan fingerprint density at radius 1 is 1.16 bits per heavy atom. The second-order valence-electron chi connectivity index (χ2n) is 6.21. The summed E-state index contributed by atoms with van der Waals surface area (Å²) in [5.74, 6) is 0.829. The number of aliphatic imine (C=N–C) groups is 1. The van der Waals surface area contributed by atoms with Crippen molar-refractivity contribution < 1.29 is 9.13 Å². The molecule has 1 saturated heterocycles. The second-order valence-corrected chi connectivity index (χ2v) is 6.21. The molecule has 2 rings (SSSR count). The van der Waals surface area contributed by atoms with E-state index >= 15 is 0 Å². The molecular formula is C19H31FN4O. The predicted molar refractivity (Wildman–Crippen MR) is 102 cm³/mol. The normalized spacial score (nSPS) is 15.6. The number of benzene rings is 1. The number of unbranched alkanes of at least 4 members (excludes halogenated alkanes) is 2. The lowest BCUT2D eigenvalue weighted by molar-refractivity contribution is 0.192. The third-order valence-corrected chi connectivity index (χ3v) is 4.38. The lowest BCUT2D eigenvalue weighted by atomic mass is 10.2. The number of rotatable bonds is 8. The minimum Gasteiger partial charge on any atom is -0.385 e. The van der Waals surface area contributed by atoms with Crippen LogP contribution in [0.3, 0.4) is 0 Å². The van der Waals surface area contributed by atoms with Gasteiger partial charge in [0.05, 0.1) is 5.69 Å². The molecule has 1 heterocycles. The van der Waals surface area contributed by atoms with Gasteiger partial charge in [0.15, 0.2) is 5.96 Å². The summed E-state index contributed by atoms with van der Waals surface area (Å²) in [5, 5.41) is 3.38. The smallest absolute Gasteiger partial charge is 0.194 e. The molecule has 0 aromatic heterocycles. The van der Waals surface area contributed by atoms with Gasteiger partial charge < -0.3 is 19.9 Å². The number of guanidine groups is 1. The Labute approximate surface area is 150 Å². The van der Waals surface area contributed by atoms with Gasteiger partial charge in [-0.15, -0.1) is 0 Å². The van der Waals surface area contributed by atoms with Gasteiger partial charge >= 0.3 is 0 Å². The average molecular weight is 350 g/mol. The fourth-order valence-corrected chi connectivity index (χ4v) is 3.01. The molecule has 6 heteroatoms. The van der Waals surface area contributed by atoms with Gasteiger partial charge in [0.1, 0.15) is 5.82 Å². The van der Waals surface area contributed by atoms with Crippen LogP contribution in [-0.4, -0.2) is 63.8 Å². The molecule has 1 aliphatic rings. The van der Waals surface area contributed by atoms with Crippen molar-refractivity contribution in [1.82, 2.24) is 10.2 Å². The SMILES string of the molecule is CCNC(=NCCCCCOC)N1CCN(c2ccccc2F)CC1. The molecule has 0 saturated carbocycles. The van der Waals surface area contributed by atoms with E-state index in [1.165, 1.54) is 6.07 Å². The molecule has 1 fully saturated rings. The van der Waals surface area contributed by atoms with Crippen LogP contribution in [0.25, 0.3) is 0 Å². The largest absolute Gasteiger partial charge is 0.385 e. The molecule has 1 aromatic rings. The molecule has 1 aromatic carbocycles. The van der Waals surface area contributed by atoms with Crippen molar-refractivity contribution in [2.24, 2.45) is 4.99 Å². The first-order valence-corrected chi connectivity index (χ1v) is 9.28. The first-order valence-electron chi connectivity index (χ1n) is 9.28. The highest BCUT2D eigenvalue weighted by Crippen LogP contribution is 2.20. The number of nitrogens with one attached hydrogen (secondary N) is 1. The Morgan fingerprint density at radius 2 is 1.92 bits per heavy atom. The topological polar surface area (TPSA) is 40.1 Å². The summed E-state index contributed by atoms with van der Waals surface area (Å²) >= 11 is 0. The summed E-state index contributed by atoms with van der Waals surface area (Å²) < 4.78 is 19.0. The Hall–Kier alpha value is -1.82. The highest BCUT2D eigenvalue weighted by molar-refractivity contribution is 5.80. The summed E-state index contributed by atoms with van der Waals surface area (Å²) in [6.45, 7) is 7.91. The van der Waals surface area contributed by atoms with E-state index in [2.05, 4.69) is 22.0 Å². The fourth-order valence-electron chi connectivity index (χ4n) is 3.01. The van der Waals surface area contributed by atoms with Crippen molar-refractivity contribution in [2.75, 3.05) is 57.9 Å². The lowest BCUT2D eigenvalue weighted by Gasteiger charge is -2.37. The third kappa shape index (κ3) is 6.20. The van der Waals surface area contributed by atoms with E-state index in [-0.39, 0.29) is 5.82 Å². The summed E-state index contributed by atoms with van der Waals surface area (Å²) in [6, 6.07) is 7.00. The van der Waals surface area contributed by atoms with E-state index in [9.17, 15) is 4.39 Å². The van der Waals surface area contributed by atoms with Crippen molar-refractivity contribution >= 4 is 11.6 Å². The quantitative estimate of drug-likeness (QED) is 0.445. The molecule has 0 spiro atoms. The van der Waals surface area contributed by atoms with Crippen molar-refractivity contribution in [3.8, 4) is 0 Å². The second kappa shape index (κ2) is 10.9. The molecule has 0 radical (unpaired) electrons.